The van der Waals surface area contributed by atoms with Crippen molar-refractivity contribution in [3.05, 3.63) is 57.8 Å². The van der Waals surface area contributed by atoms with E-state index in [9.17, 15) is 25.0 Å². The minimum absolute atomic E-state index is 0. The van der Waals surface area contributed by atoms with Crippen molar-refractivity contribution >= 4 is 69.1 Å². The number of aliphatic imine (C=N–C) groups is 1. The van der Waals surface area contributed by atoms with Gasteiger partial charge in [0.05, 0.1) is 4.88 Å². The molecule has 3 aromatic rings. The van der Waals surface area contributed by atoms with Crippen LogP contribution in [0.25, 0.3) is 16.6 Å². The Balaban J connectivity index is 0.00000320. The Hall–Kier alpha value is -2.95. The van der Waals surface area contributed by atoms with E-state index < -0.39 is 34.9 Å². The molecule has 4 N–H and O–H groups in total. The molecule has 0 unspecified atom stereocenters. The van der Waals surface area contributed by atoms with Crippen molar-refractivity contribution in [2.75, 3.05) is 11.5 Å². The predicted octanol–water partition coefficient (Wildman–Crippen LogP) is -1.28. The second kappa shape index (κ2) is 11.2. The first kappa shape index (κ1) is 27.1. The minimum atomic E-state index is -1.29. The fraction of sp³-hybridized carbons (Fsp3) is 0.143. The molecule has 0 aromatic carbocycles. The molecule has 16 heteroatoms. The SMILES string of the molecule is Nc1nc(/C(=N/O)C([O-])=N[C@@H]2C(=O)N3C(C(=O)O)=C(/C=C/c4cc(-c5cccs5)no4)CS[C@H]23)cs1.[Na+]. The first-order chi connectivity index (χ1) is 17.4. The minimum Gasteiger partial charge on any atom is -0.857 e. The summed E-state index contributed by atoms with van der Waals surface area (Å²) in [6, 6.07) is 4.40. The zero-order chi connectivity index (χ0) is 25.4. The van der Waals surface area contributed by atoms with Crippen molar-refractivity contribution in [2.45, 2.75) is 11.4 Å². The number of thiazole rings is 1. The molecule has 0 spiro atoms. The number of nitrogen functional groups attached to an aromatic ring is 1. The number of carboxylic acids is 1. The van der Waals surface area contributed by atoms with Crippen LogP contribution in [0.1, 0.15) is 11.5 Å². The van der Waals surface area contributed by atoms with Crippen LogP contribution in [0.5, 0.6) is 0 Å². The molecule has 3 aromatic heterocycles. The molecule has 5 heterocycles. The number of aromatic nitrogens is 2. The first-order valence-corrected chi connectivity index (χ1v) is 13.0. The maximum Gasteiger partial charge on any atom is 1.00 e. The van der Waals surface area contributed by atoms with Gasteiger partial charge in [0.15, 0.2) is 16.9 Å². The van der Waals surface area contributed by atoms with Gasteiger partial charge in [-0.3, -0.25) is 14.7 Å². The van der Waals surface area contributed by atoms with Crippen LogP contribution in [0.3, 0.4) is 0 Å². The van der Waals surface area contributed by atoms with E-state index in [4.69, 9.17) is 10.3 Å². The van der Waals surface area contributed by atoms with Crippen LogP contribution in [0, 0.1) is 0 Å². The molecule has 12 nitrogen and oxygen atoms in total. The Bertz CT molecular complexity index is 1460. The third-order valence-corrected chi connectivity index (χ3v) is 8.10. The maximum absolute atomic E-state index is 12.8. The Kier molecular flexibility index (Phi) is 8.20. The second-order valence-electron chi connectivity index (χ2n) is 7.41. The zero-order valence-corrected chi connectivity index (χ0v) is 23.4. The third kappa shape index (κ3) is 5.23. The molecule has 1 fully saturated rings. The number of hydrogen-bond donors (Lipinski definition) is 3. The number of carbonyl (C=O) groups is 2. The first-order valence-electron chi connectivity index (χ1n) is 10.2. The fourth-order valence-corrected chi connectivity index (χ4v) is 6.14. The number of oxime groups is 1. The van der Waals surface area contributed by atoms with Gasteiger partial charge in [-0.15, -0.1) is 34.4 Å². The molecular weight excluding hydrogens is 551 g/mol. The number of fused-ring (bicyclic) bond motifs is 1. The average Bonchev–Trinajstić information content (AvgIpc) is 3.63. The number of thiophene rings is 1. The summed E-state index contributed by atoms with van der Waals surface area (Å²) in [6.07, 6.45) is 3.15. The Labute approximate surface area is 243 Å². The summed E-state index contributed by atoms with van der Waals surface area (Å²) >= 11 is 3.82. The van der Waals surface area contributed by atoms with Gasteiger partial charge in [0.25, 0.3) is 5.91 Å². The molecule has 1 saturated heterocycles. The van der Waals surface area contributed by atoms with E-state index in [0.717, 1.165) is 21.1 Å². The van der Waals surface area contributed by atoms with E-state index in [1.54, 1.807) is 18.2 Å². The number of thioether (sulfide) groups is 1. The molecule has 0 radical (unpaired) electrons. The number of carbonyl (C=O) groups excluding carboxylic acids is 1. The van der Waals surface area contributed by atoms with Crippen LogP contribution in [0.2, 0.25) is 0 Å². The molecule has 5 rings (SSSR count). The van der Waals surface area contributed by atoms with Crippen LogP contribution in [-0.2, 0) is 9.59 Å². The number of anilines is 1. The van der Waals surface area contributed by atoms with Crippen LogP contribution in [0.15, 0.2) is 61.0 Å². The van der Waals surface area contributed by atoms with Gasteiger partial charge >= 0.3 is 35.5 Å². The normalized spacial score (nSPS) is 20.1. The van der Waals surface area contributed by atoms with E-state index in [1.165, 1.54) is 28.5 Å². The molecule has 2 atom stereocenters. The van der Waals surface area contributed by atoms with Gasteiger partial charge in [0, 0.05) is 23.1 Å². The van der Waals surface area contributed by atoms with Gasteiger partial charge in [-0.1, -0.05) is 22.5 Å². The number of rotatable bonds is 7. The van der Waals surface area contributed by atoms with Gasteiger partial charge in [0.2, 0.25) is 0 Å². The molecule has 1 amide bonds. The Morgan fingerprint density at radius 1 is 1.35 bits per heavy atom. The summed E-state index contributed by atoms with van der Waals surface area (Å²) in [4.78, 5) is 34.7. The quantitative estimate of drug-likeness (QED) is 0.0775. The topological polar surface area (TPSA) is 191 Å². The number of hydrogen-bond acceptors (Lipinski definition) is 13. The molecule has 0 saturated carbocycles. The summed E-state index contributed by atoms with van der Waals surface area (Å²) in [5.41, 5.74) is 5.98. The molecule has 37 heavy (non-hydrogen) atoms. The number of nitrogens with zero attached hydrogens (tertiary/aromatic N) is 5. The van der Waals surface area contributed by atoms with E-state index in [1.807, 2.05) is 17.5 Å². The zero-order valence-electron chi connectivity index (χ0n) is 19.0. The van der Waals surface area contributed by atoms with Crippen molar-refractivity contribution in [1.29, 1.82) is 0 Å². The summed E-state index contributed by atoms with van der Waals surface area (Å²) in [7, 11) is 0. The summed E-state index contributed by atoms with van der Waals surface area (Å²) < 4.78 is 5.31. The van der Waals surface area contributed by atoms with Crippen LogP contribution in [-0.4, -0.2) is 66.0 Å². The Morgan fingerprint density at radius 3 is 2.81 bits per heavy atom. The van der Waals surface area contributed by atoms with Crippen LogP contribution < -0.4 is 40.4 Å². The molecule has 2 aliphatic rings. The third-order valence-electron chi connectivity index (χ3n) is 5.25. The number of nitrogens with two attached hydrogens (primary N) is 1. The molecule has 0 aliphatic carbocycles. The van der Waals surface area contributed by atoms with E-state index in [-0.39, 0.29) is 51.8 Å². The van der Waals surface area contributed by atoms with Crippen molar-refractivity contribution in [1.82, 2.24) is 15.0 Å². The number of carboxylic acid groups (broad SMARTS) is 1. The molecule has 0 bridgehead atoms. The van der Waals surface area contributed by atoms with Crippen LogP contribution in [0.4, 0.5) is 5.13 Å². The molecular formula is C21H15N6NaO6S3. The van der Waals surface area contributed by atoms with Gasteiger partial charge in [-0.05, 0) is 23.1 Å². The smallest absolute Gasteiger partial charge is 0.857 e. The molecule has 184 valence electrons. The van der Waals surface area contributed by atoms with Crippen molar-refractivity contribution in [3.8, 4) is 10.6 Å². The van der Waals surface area contributed by atoms with E-state index in [2.05, 4.69) is 20.3 Å². The van der Waals surface area contributed by atoms with Crippen molar-refractivity contribution in [3.63, 3.8) is 0 Å². The van der Waals surface area contributed by atoms with Crippen molar-refractivity contribution < 1.29 is 59.1 Å². The average molecular weight is 567 g/mol. The van der Waals surface area contributed by atoms with Crippen LogP contribution >= 0.6 is 34.4 Å². The predicted molar refractivity (Wildman–Crippen MR) is 133 cm³/mol. The van der Waals surface area contributed by atoms with E-state index >= 15 is 0 Å². The summed E-state index contributed by atoms with van der Waals surface area (Å²) in [5, 5.41) is 41.4. The number of amides is 1. The fourth-order valence-electron chi connectivity index (χ4n) is 3.62. The second-order valence-corrected chi connectivity index (χ2v) is 10.4. The molecule has 2 aliphatic heterocycles. The number of allylic oxidation sites excluding steroid dienone is 1. The largest absolute Gasteiger partial charge is 1.00 e. The number of aliphatic carboxylic acids is 1. The Morgan fingerprint density at radius 2 is 2.16 bits per heavy atom. The summed E-state index contributed by atoms with van der Waals surface area (Å²) in [5.74, 6) is -2.22. The van der Waals surface area contributed by atoms with Crippen molar-refractivity contribution in [2.24, 2.45) is 10.1 Å². The van der Waals surface area contributed by atoms with Gasteiger partial charge in [-0.2, -0.15) is 0 Å². The number of β-lactam (4-membered cyclic amide) rings is 1. The standard InChI is InChI=1S/C21H16N6O6S3.Na/c22-21-23-12(8-36-21)14(25-32)17(28)24-15-18(29)27-16(20(30)31)9(7-35-19(15)27)3-4-10-6-11(26-33-10)13-2-1-5-34-13;/h1-6,8,15,19,32H,7H2,(H2,22,23)(H,24,28)(H,30,31);/q;+1/p-1/b4-3+,25-14-;/t15-,19-;/m1./s1. The van der Waals surface area contributed by atoms with Gasteiger partial charge < -0.3 is 25.7 Å². The van der Waals surface area contributed by atoms with Gasteiger partial charge in [-0.25, -0.2) is 9.78 Å². The van der Waals surface area contributed by atoms with Gasteiger partial charge in [0.1, 0.15) is 28.2 Å². The maximum atomic E-state index is 12.8. The van der Waals surface area contributed by atoms with E-state index in [0.29, 0.717) is 17.0 Å². The summed E-state index contributed by atoms with van der Waals surface area (Å²) in [6.45, 7) is 0. The monoisotopic (exact) mass is 566 g/mol.